The first-order chi connectivity index (χ1) is 16.0. The Bertz CT molecular complexity index is 1020. The number of piperidine rings is 1. The first kappa shape index (κ1) is 22.9. The Balaban J connectivity index is 1.57. The minimum absolute atomic E-state index is 0.188. The molecule has 5 nitrogen and oxygen atoms in total. The molecule has 0 amide bonds. The van der Waals surface area contributed by atoms with E-state index in [9.17, 15) is 10.2 Å². The van der Waals surface area contributed by atoms with Crippen LogP contribution >= 0.6 is 0 Å². The van der Waals surface area contributed by atoms with Crippen LogP contribution in [-0.4, -0.2) is 58.7 Å². The number of likely N-dealkylation sites (tertiary alicyclic amines) is 1. The summed E-state index contributed by atoms with van der Waals surface area (Å²) in [4.78, 5) is 2.75. The van der Waals surface area contributed by atoms with E-state index in [0.717, 1.165) is 31.7 Å². The zero-order chi connectivity index (χ0) is 24.3. The van der Waals surface area contributed by atoms with Crippen LogP contribution in [-0.2, 0) is 16.6 Å². The van der Waals surface area contributed by atoms with Crippen LogP contribution in [0.4, 0.5) is 0 Å². The highest BCUT2D eigenvalue weighted by atomic mass is 16.6. The molecule has 2 aliphatic heterocycles. The third-order valence-electron chi connectivity index (χ3n) is 10.7. The smallest absolute Gasteiger partial charge is 0.165 e. The highest BCUT2D eigenvalue weighted by molar-refractivity contribution is 5.61. The summed E-state index contributed by atoms with van der Waals surface area (Å²) >= 11 is 0. The maximum absolute atomic E-state index is 12.1. The molecule has 2 bridgehead atoms. The highest BCUT2D eigenvalue weighted by Crippen LogP contribution is 2.69. The third-order valence-corrected chi connectivity index (χ3v) is 10.7. The van der Waals surface area contributed by atoms with Crippen LogP contribution in [0.2, 0.25) is 0 Å². The largest absolute Gasteiger partial charge is 0.504 e. The molecule has 6 rings (SSSR count). The van der Waals surface area contributed by atoms with Gasteiger partial charge in [-0.25, -0.2) is 0 Å². The number of aliphatic hydroxyl groups is 1. The van der Waals surface area contributed by atoms with Crippen molar-refractivity contribution in [2.45, 2.75) is 88.6 Å². The van der Waals surface area contributed by atoms with Gasteiger partial charge in [-0.1, -0.05) is 32.9 Å². The molecule has 2 heterocycles. The van der Waals surface area contributed by atoms with E-state index in [1.165, 1.54) is 30.5 Å². The number of nitrogens with zero attached hydrogens (tertiary/aromatic N) is 1. The fourth-order valence-electron chi connectivity index (χ4n) is 8.29. The standard InChI is InChI=1S/C29H41NO4/c1-7-29(33-6)22(27(5,32)26(2,3)4)15-19-20-14-18-10-11-21(31)24-23(18)28(19,25(29)34-24)12-13-30(20)16-17-8-9-17/h7,10-11,17,19-20,22,25,31-32H,1,8-9,12-16H2,2-6H3/t19?,20-,22-,25-,27+,28+,29-/m1/s1. The maximum atomic E-state index is 12.1. The summed E-state index contributed by atoms with van der Waals surface area (Å²) in [5.41, 5.74) is 0.0617. The molecule has 5 aliphatic rings. The van der Waals surface area contributed by atoms with Gasteiger partial charge >= 0.3 is 0 Å². The molecule has 2 N–H and O–H groups in total. The van der Waals surface area contributed by atoms with Crippen molar-refractivity contribution < 1.29 is 19.7 Å². The molecule has 1 aromatic carbocycles. The fraction of sp³-hybridized carbons (Fsp3) is 0.724. The van der Waals surface area contributed by atoms with Crippen LogP contribution in [0.1, 0.15) is 64.5 Å². The SMILES string of the molecule is C=C[C@@]1(OC)[C@@H]([C@](C)(O)C(C)(C)C)CC2[C@H]3Cc4ccc(O)c5c4[C@@]2(CCN3CC2CC2)[C@H]1O5. The molecule has 1 spiro atoms. The summed E-state index contributed by atoms with van der Waals surface area (Å²) in [5, 5.41) is 23.0. The second-order valence-electron chi connectivity index (χ2n) is 13.0. The Labute approximate surface area is 204 Å². The number of hydrogen-bond acceptors (Lipinski definition) is 5. The Morgan fingerprint density at radius 3 is 2.62 bits per heavy atom. The van der Waals surface area contributed by atoms with Crippen molar-refractivity contribution in [2.24, 2.45) is 23.2 Å². The lowest BCUT2D eigenvalue weighted by molar-refractivity contribution is -0.237. The van der Waals surface area contributed by atoms with Crippen molar-refractivity contribution in [2.75, 3.05) is 20.2 Å². The van der Waals surface area contributed by atoms with E-state index >= 15 is 0 Å². The lowest BCUT2D eigenvalue weighted by Gasteiger charge is -2.66. The predicted molar refractivity (Wildman–Crippen MR) is 132 cm³/mol. The summed E-state index contributed by atoms with van der Waals surface area (Å²) in [6, 6.07) is 4.33. The van der Waals surface area contributed by atoms with Crippen molar-refractivity contribution >= 4 is 0 Å². The zero-order valence-corrected chi connectivity index (χ0v) is 21.4. The summed E-state index contributed by atoms with van der Waals surface area (Å²) in [6.07, 6.45) is 7.09. The van der Waals surface area contributed by atoms with E-state index in [1.807, 2.05) is 13.0 Å². The van der Waals surface area contributed by atoms with Gasteiger partial charge in [0, 0.05) is 36.6 Å². The van der Waals surface area contributed by atoms with Gasteiger partial charge in [0.2, 0.25) is 0 Å². The van der Waals surface area contributed by atoms with Gasteiger partial charge in [0.15, 0.2) is 11.5 Å². The molecular weight excluding hydrogens is 426 g/mol. The van der Waals surface area contributed by atoms with E-state index in [1.54, 1.807) is 13.2 Å². The molecule has 5 heteroatoms. The topological polar surface area (TPSA) is 62.2 Å². The third kappa shape index (κ3) is 2.67. The monoisotopic (exact) mass is 467 g/mol. The summed E-state index contributed by atoms with van der Waals surface area (Å²) in [5.74, 6) is 1.84. The highest BCUT2D eigenvalue weighted by Gasteiger charge is 2.74. The summed E-state index contributed by atoms with van der Waals surface area (Å²) in [7, 11) is 1.74. The van der Waals surface area contributed by atoms with Gasteiger partial charge in [-0.15, -0.1) is 6.58 Å². The first-order valence-corrected chi connectivity index (χ1v) is 13.2. The summed E-state index contributed by atoms with van der Waals surface area (Å²) < 4.78 is 13.2. The van der Waals surface area contributed by atoms with Gasteiger partial charge in [0.05, 0.1) is 5.60 Å². The van der Waals surface area contributed by atoms with Crippen LogP contribution in [0.5, 0.6) is 11.5 Å². The van der Waals surface area contributed by atoms with E-state index in [0.29, 0.717) is 17.7 Å². The quantitative estimate of drug-likeness (QED) is 0.627. The Morgan fingerprint density at radius 1 is 1.26 bits per heavy atom. The predicted octanol–water partition coefficient (Wildman–Crippen LogP) is 4.44. The minimum atomic E-state index is -1.01. The maximum Gasteiger partial charge on any atom is 0.165 e. The Kier molecular flexibility index (Phi) is 4.72. The second kappa shape index (κ2) is 7.02. The van der Waals surface area contributed by atoms with Crippen molar-refractivity contribution in [3.63, 3.8) is 0 Å². The molecule has 2 saturated carbocycles. The van der Waals surface area contributed by atoms with Crippen LogP contribution in [0.3, 0.4) is 0 Å². The minimum Gasteiger partial charge on any atom is -0.504 e. The molecule has 1 unspecified atom stereocenters. The molecule has 0 radical (unpaired) electrons. The number of methoxy groups -OCH3 is 1. The number of benzene rings is 1. The van der Waals surface area contributed by atoms with Crippen LogP contribution in [0.15, 0.2) is 24.8 Å². The van der Waals surface area contributed by atoms with Crippen molar-refractivity contribution in [3.8, 4) is 11.5 Å². The van der Waals surface area contributed by atoms with Gasteiger partial charge < -0.3 is 19.7 Å². The Morgan fingerprint density at radius 2 is 2.00 bits per heavy atom. The van der Waals surface area contributed by atoms with Crippen LogP contribution in [0, 0.1) is 23.2 Å². The lowest BCUT2D eigenvalue weighted by atomic mass is 9.44. The molecule has 7 atom stereocenters. The van der Waals surface area contributed by atoms with E-state index in [4.69, 9.17) is 9.47 Å². The second-order valence-corrected chi connectivity index (χ2v) is 13.0. The first-order valence-electron chi connectivity index (χ1n) is 13.2. The summed E-state index contributed by atoms with van der Waals surface area (Å²) in [6.45, 7) is 14.8. The van der Waals surface area contributed by atoms with E-state index in [2.05, 4.69) is 38.3 Å². The van der Waals surface area contributed by atoms with Crippen molar-refractivity contribution in [3.05, 3.63) is 35.9 Å². The molecule has 34 heavy (non-hydrogen) atoms. The van der Waals surface area contributed by atoms with Gasteiger partial charge in [-0.05, 0) is 74.5 Å². The lowest BCUT2D eigenvalue weighted by Crippen LogP contribution is -2.75. The zero-order valence-electron chi connectivity index (χ0n) is 21.4. The van der Waals surface area contributed by atoms with Crippen molar-refractivity contribution in [1.82, 2.24) is 4.90 Å². The molecular formula is C29H41NO4. The normalized spacial score (nSPS) is 40.3. The molecule has 0 aromatic heterocycles. The fourth-order valence-corrected chi connectivity index (χ4v) is 8.29. The number of rotatable bonds is 5. The number of phenols is 1. The number of hydrogen-bond donors (Lipinski definition) is 2. The average Bonchev–Trinajstić information content (AvgIpc) is 3.53. The number of aromatic hydroxyl groups is 1. The van der Waals surface area contributed by atoms with Crippen LogP contribution in [0.25, 0.3) is 0 Å². The van der Waals surface area contributed by atoms with Gasteiger partial charge in [0.1, 0.15) is 11.7 Å². The molecule has 1 saturated heterocycles. The van der Waals surface area contributed by atoms with Gasteiger partial charge in [-0.2, -0.15) is 0 Å². The Hall–Kier alpha value is -1.56. The van der Waals surface area contributed by atoms with Crippen LogP contribution < -0.4 is 4.74 Å². The molecule has 186 valence electrons. The van der Waals surface area contributed by atoms with Gasteiger partial charge in [-0.3, -0.25) is 4.90 Å². The van der Waals surface area contributed by atoms with E-state index in [-0.39, 0.29) is 28.6 Å². The molecule has 3 fully saturated rings. The van der Waals surface area contributed by atoms with E-state index < -0.39 is 11.2 Å². The molecule has 1 aromatic rings. The molecule has 3 aliphatic carbocycles. The van der Waals surface area contributed by atoms with Crippen molar-refractivity contribution in [1.29, 1.82) is 0 Å². The average molecular weight is 468 g/mol. The van der Waals surface area contributed by atoms with Gasteiger partial charge in [0.25, 0.3) is 0 Å². The number of phenolic OH excluding ortho intramolecular Hbond substituents is 1. The number of ether oxygens (including phenoxy) is 2.